The highest BCUT2D eigenvalue weighted by atomic mass is 79.9. The number of hydrogen-bond donors (Lipinski definition) is 1. The van der Waals surface area contributed by atoms with Crippen molar-refractivity contribution in [1.82, 2.24) is 5.32 Å². The second-order valence-electron chi connectivity index (χ2n) is 5.26. The van der Waals surface area contributed by atoms with E-state index in [1.165, 1.54) is 0 Å². The SMILES string of the molecule is CC1NC(COc2ccc(Br)cc2)COC1(C)C. The fraction of sp³-hybridized carbons (Fsp3) is 0.571. The van der Waals surface area contributed by atoms with Crippen molar-refractivity contribution in [2.24, 2.45) is 0 Å². The summed E-state index contributed by atoms with van der Waals surface area (Å²) in [5, 5.41) is 3.53. The molecule has 18 heavy (non-hydrogen) atoms. The summed E-state index contributed by atoms with van der Waals surface area (Å²) in [6.45, 7) is 7.68. The molecular formula is C14H20BrNO2. The second-order valence-corrected chi connectivity index (χ2v) is 6.18. The topological polar surface area (TPSA) is 30.5 Å². The zero-order valence-corrected chi connectivity index (χ0v) is 12.7. The zero-order chi connectivity index (χ0) is 13.2. The molecule has 0 bridgehead atoms. The highest BCUT2D eigenvalue weighted by Gasteiger charge is 2.34. The monoisotopic (exact) mass is 313 g/mol. The van der Waals surface area contributed by atoms with Crippen LogP contribution in [0.15, 0.2) is 28.7 Å². The molecule has 1 aliphatic rings. The van der Waals surface area contributed by atoms with Crippen molar-refractivity contribution in [3.63, 3.8) is 0 Å². The Kier molecular flexibility index (Phi) is 4.30. The van der Waals surface area contributed by atoms with E-state index in [2.05, 4.69) is 42.0 Å². The Labute approximate surface area is 117 Å². The summed E-state index contributed by atoms with van der Waals surface area (Å²) in [4.78, 5) is 0. The maximum absolute atomic E-state index is 5.85. The predicted molar refractivity (Wildman–Crippen MR) is 76.1 cm³/mol. The lowest BCUT2D eigenvalue weighted by Gasteiger charge is -2.41. The lowest BCUT2D eigenvalue weighted by molar-refractivity contribution is -0.0904. The minimum absolute atomic E-state index is 0.103. The molecule has 1 aromatic rings. The smallest absolute Gasteiger partial charge is 0.119 e. The molecule has 1 aromatic carbocycles. The highest BCUT2D eigenvalue weighted by Crippen LogP contribution is 2.21. The van der Waals surface area contributed by atoms with Crippen molar-refractivity contribution in [3.8, 4) is 5.75 Å². The fourth-order valence-electron chi connectivity index (χ4n) is 1.87. The maximum atomic E-state index is 5.85. The lowest BCUT2D eigenvalue weighted by Crippen LogP contribution is -2.59. The van der Waals surface area contributed by atoms with E-state index in [0.29, 0.717) is 19.3 Å². The van der Waals surface area contributed by atoms with E-state index in [4.69, 9.17) is 9.47 Å². The van der Waals surface area contributed by atoms with Gasteiger partial charge in [-0.3, -0.25) is 0 Å². The first kappa shape index (κ1) is 13.8. The predicted octanol–water partition coefficient (Wildman–Crippen LogP) is 2.98. The molecule has 0 saturated carbocycles. The Morgan fingerprint density at radius 2 is 2.06 bits per heavy atom. The first-order valence-corrected chi connectivity index (χ1v) is 7.05. The van der Waals surface area contributed by atoms with Crippen molar-refractivity contribution in [1.29, 1.82) is 0 Å². The van der Waals surface area contributed by atoms with E-state index in [-0.39, 0.29) is 11.6 Å². The van der Waals surface area contributed by atoms with Crippen LogP contribution in [0.4, 0.5) is 0 Å². The lowest BCUT2D eigenvalue weighted by atomic mass is 9.97. The van der Waals surface area contributed by atoms with Crippen molar-refractivity contribution in [2.45, 2.75) is 38.5 Å². The van der Waals surface area contributed by atoms with Gasteiger partial charge in [-0.25, -0.2) is 0 Å². The van der Waals surface area contributed by atoms with Gasteiger partial charge in [-0.2, -0.15) is 0 Å². The molecule has 0 amide bonds. The molecule has 2 atom stereocenters. The number of hydrogen-bond acceptors (Lipinski definition) is 3. The van der Waals surface area contributed by atoms with E-state index < -0.39 is 0 Å². The third-order valence-corrected chi connectivity index (χ3v) is 3.98. The molecule has 0 aliphatic carbocycles. The van der Waals surface area contributed by atoms with Gasteiger partial charge in [0.1, 0.15) is 12.4 Å². The van der Waals surface area contributed by atoms with Gasteiger partial charge in [0.15, 0.2) is 0 Å². The van der Waals surface area contributed by atoms with Crippen molar-refractivity contribution in [2.75, 3.05) is 13.2 Å². The van der Waals surface area contributed by atoms with Gasteiger partial charge < -0.3 is 14.8 Å². The van der Waals surface area contributed by atoms with E-state index in [9.17, 15) is 0 Å². The third kappa shape index (κ3) is 3.46. The van der Waals surface area contributed by atoms with Crippen LogP contribution >= 0.6 is 15.9 Å². The van der Waals surface area contributed by atoms with E-state index in [1.54, 1.807) is 0 Å². The Balaban J connectivity index is 1.83. The summed E-state index contributed by atoms with van der Waals surface area (Å²) < 4.78 is 12.7. The molecule has 1 saturated heterocycles. The van der Waals surface area contributed by atoms with Crippen LogP contribution in [0, 0.1) is 0 Å². The molecule has 4 heteroatoms. The minimum Gasteiger partial charge on any atom is -0.492 e. The molecule has 0 radical (unpaired) electrons. The fourth-order valence-corrected chi connectivity index (χ4v) is 2.13. The summed E-state index contributed by atoms with van der Waals surface area (Å²) in [6, 6.07) is 8.45. The Bertz CT molecular complexity index is 391. The molecule has 2 rings (SSSR count). The average molecular weight is 314 g/mol. The summed E-state index contributed by atoms with van der Waals surface area (Å²) in [7, 11) is 0. The first-order valence-electron chi connectivity index (χ1n) is 6.26. The van der Waals surface area contributed by atoms with Crippen molar-refractivity contribution >= 4 is 15.9 Å². The molecule has 2 unspecified atom stereocenters. The van der Waals surface area contributed by atoms with E-state index >= 15 is 0 Å². The maximum Gasteiger partial charge on any atom is 0.119 e. The van der Waals surface area contributed by atoms with E-state index in [0.717, 1.165) is 10.2 Å². The number of morpholine rings is 1. The van der Waals surface area contributed by atoms with Crippen LogP contribution < -0.4 is 10.1 Å². The van der Waals surface area contributed by atoms with Gasteiger partial charge in [0.2, 0.25) is 0 Å². The number of rotatable bonds is 3. The molecular weight excluding hydrogens is 294 g/mol. The first-order chi connectivity index (χ1) is 8.47. The highest BCUT2D eigenvalue weighted by molar-refractivity contribution is 9.10. The Morgan fingerprint density at radius 3 is 2.67 bits per heavy atom. The minimum atomic E-state index is -0.103. The van der Waals surface area contributed by atoms with Gasteiger partial charge in [0.25, 0.3) is 0 Å². The number of ether oxygens (including phenoxy) is 2. The quantitative estimate of drug-likeness (QED) is 0.930. The van der Waals surface area contributed by atoms with Crippen LogP contribution in [-0.4, -0.2) is 30.9 Å². The van der Waals surface area contributed by atoms with Crippen molar-refractivity contribution < 1.29 is 9.47 Å². The van der Waals surface area contributed by atoms with Gasteiger partial charge in [-0.15, -0.1) is 0 Å². The largest absolute Gasteiger partial charge is 0.492 e. The van der Waals surface area contributed by atoms with Crippen LogP contribution in [-0.2, 0) is 4.74 Å². The number of halogens is 1. The van der Waals surface area contributed by atoms with Gasteiger partial charge in [0, 0.05) is 10.5 Å². The summed E-state index contributed by atoms with van der Waals surface area (Å²) in [5.41, 5.74) is -0.103. The van der Waals surface area contributed by atoms with Crippen LogP contribution in [0.2, 0.25) is 0 Å². The third-order valence-electron chi connectivity index (χ3n) is 3.45. The molecule has 1 aliphatic heterocycles. The molecule has 0 spiro atoms. The molecule has 1 heterocycles. The van der Waals surface area contributed by atoms with Crippen molar-refractivity contribution in [3.05, 3.63) is 28.7 Å². The number of benzene rings is 1. The van der Waals surface area contributed by atoms with Gasteiger partial charge in [-0.1, -0.05) is 15.9 Å². The Hall–Kier alpha value is -0.580. The molecule has 100 valence electrons. The second kappa shape index (κ2) is 5.59. The number of nitrogens with one attached hydrogen (secondary N) is 1. The van der Waals surface area contributed by atoms with Crippen LogP contribution in [0.25, 0.3) is 0 Å². The molecule has 0 aromatic heterocycles. The molecule has 3 nitrogen and oxygen atoms in total. The van der Waals surface area contributed by atoms with Gasteiger partial charge in [-0.05, 0) is 45.0 Å². The van der Waals surface area contributed by atoms with Gasteiger partial charge in [0.05, 0.1) is 18.2 Å². The summed E-state index contributed by atoms with van der Waals surface area (Å²) in [5.74, 6) is 0.887. The summed E-state index contributed by atoms with van der Waals surface area (Å²) >= 11 is 3.41. The summed E-state index contributed by atoms with van der Waals surface area (Å²) in [6.07, 6.45) is 0. The van der Waals surface area contributed by atoms with Crippen LogP contribution in [0.1, 0.15) is 20.8 Å². The standard InChI is InChI=1S/C14H20BrNO2/c1-10-14(2,3)18-9-12(16-10)8-17-13-6-4-11(15)5-7-13/h4-7,10,12,16H,8-9H2,1-3H3. The van der Waals surface area contributed by atoms with Crippen LogP contribution in [0.3, 0.4) is 0 Å². The zero-order valence-electron chi connectivity index (χ0n) is 11.1. The molecule has 1 fully saturated rings. The Morgan fingerprint density at radius 1 is 1.39 bits per heavy atom. The van der Waals surface area contributed by atoms with Gasteiger partial charge >= 0.3 is 0 Å². The normalized spacial score (nSPS) is 26.9. The van der Waals surface area contributed by atoms with Crippen LogP contribution in [0.5, 0.6) is 5.75 Å². The van der Waals surface area contributed by atoms with E-state index in [1.807, 2.05) is 24.3 Å². The molecule has 1 N–H and O–H groups in total. The average Bonchev–Trinajstić information content (AvgIpc) is 2.33.